The van der Waals surface area contributed by atoms with Crippen LogP contribution in [-0.4, -0.2) is 50.1 Å². The number of aromatic nitrogens is 4. The number of nitrogens with zero attached hydrogens (tertiary/aromatic N) is 5. The van der Waals surface area contributed by atoms with E-state index in [0.717, 1.165) is 18.4 Å². The fourth-order valence-electron chi connectivity index (χ4n) is 3.07. The number of pyridine rings is 1. The zero-order valence-corrected chi connectivity index (χ0v) is 14.9. The van der Waals surface area contributed by atoms with Gasteiger partial charge in [-0.15, -0.1) is 0 Å². The maximum Gasteiger partial charge on any atom is 0.276 e. The lowest BCUT2D eigenvalue weighted by Gasteiger charge is -2.32. The van der Waals surface area contributed by atoms with E-state index in [1.165, 1.54) is 0 Å². The summed E-state index contributed by atoms with van der Waals surface area (Å²) in [5.74, 6) is 1.54. The van der Waals surface area contributed by atoms with Crippen molar-refractivity contribution in [1.82, 2.24) is 25.0 Å². The standard InChI is InChI=1S/C19H19N5O3/c1-13-21-8-6-18(22-13)26-15-5-3-9-24(12-15)19(25)16-10-17(27-23-16)14-4-2-7-20-11-14/h2,4,6-8,10-11,15H,3,5,9,12H2,1H3. The summed E-state index contributed by atoms with van der Waals surface area (Å²) < 4.78 is 11.2. The van der Waals surface area contributed by atoms with Gasteiger partial charge in [-0.25, -0.2) is 4.98 Å². The predicted molar refractivity (Wildman–Crippen MR) is 96.1 cm³/mol. The van der Waals surface area contributed by atoms with Gasteiger partial charge in [-0.05, 0) is 31.9 Å². The van der Waals surface area contributed by atoms with E-state index in [0.29, 0.717) is 30.6 Å². The number of amides is 1. The van der Waals surface area contributed by atoms with Crippen LogP contribution in [-0.2, 0) is 0 Å². The fraction of sp³-hybridized carbons (Fsp3) is 0.316. The van der Waals surface area contributed by atoms with Crippen molar-refractivity contribution in [2.24, 2.45) is 0 Å². The van der Waals surface area contributed by atoms with E-state index in [-0.39, 0.29) is 17.7 Å². The second-order valence-electron chi connectivity index (χ2n) is 6.39. The minimum Gasteiger partial charge on any atom is -0.472 e. The number of hydrogen-bond donors (Lipinski definition) is 0. The first-order chi connectivity index (χ1) is 13.2. The van der Waals surface area contributed by atoms with E-state index in [4.69, 9.17) is 9.26 Å². The Balaban J connectivity index is 1.43. The maximum atomic E-state index is 12.8. The van der Waals surface area contributed by atoms with Crippen molar-refractivity contribution >= 4 is 5.91 Å². The highest BCUT2D eigenvalue weighted by molar-refractivity contribution is 5.93. The largest absolute Gasteiger partial charge is 0.472 e. The molecule has 0 spiro atoms. The molecule has 3 aromatic heterocycles. The lowest BCUT2D eigenvalue weighted by molar-refractivity contribution is 0.0518. The third kappa shape index (κ3) is 3.94. The first kappa shape index (κ1) is 17.1. The van der Waals surface area contributed by atoms with Gasteiger partial charge in [0.1, 0.15) is 11.9 Å². The highest BCUT2D eigenvalue weighted by Gasteiger charge is 2.28. The highest BCUT2D eigenvalue weighted by atomic mass is 16.5. The molecule has 1 amide bonds. The summed E-state index contributed by atoms with van der Waals surface area (Å²) in [6, 6.07) is 7.04. The average Bonchev–Trinajstić information content (AvgIpc) is 3.19. The number of piperidine rings is 1. The molecular weight excluding hydrogens is 346 g/mol. The quantitative estimate of drug-likeness (QED) is 0.701. The average molecular weight is 365 g/mol. The zero-order chi connectivity index (χ0) is 18.6. The summed E-state index contributed by atoms with van der Waals surface area (Å²) in [7, 11) is 0. The van der Waals surface area contributed by atoms with Gasteiger partial charge in [0.05, 0.1) is 6.54 Å². The molecule has 4 heterocycles. The van der Waals surface area contributed by atoms with E-state index in [9.17, 15) is 4.79 Å². The van der Waals surface area contributed by atoms with Crippen LogP contribution in [0.4, 0.5) is 0 Å². The van der Waals surface area contributed by atoms with Crippen molar-refractivity contribution in [2.45, 2.75) is 25.9 Å². The molecule has 3 aromatic rings. The number of ether oxygens (including phenoxy) is 1. The summed E-state index contributed by atoms with van der Waals surface area (Å²) in [5, 5.41) is 3.93. The van der Waals surface area contributed by atoms with Gasteiger partial charge < -0.3 is 14.2 Å². The normalized spacial score (nSPS) is 16.9. The van der Waals surface area contributed by atoms with E-state index in [1.54, 1.807) is 41.7 Å². The molecule has 1 atom stereocenters. The zero-order valence-electron chi connectivity index (χ0n) is 14.9. The van der Waals surface area contributed by atoms with Crippen LogP contribution in [0.3, 0.4) is 0 Å². The molecule has 8 heteroatoms. The summed E-state index contributed by atoms with van der Waals surface area (Å²) in [4.78, 5) is 26.9. The molecule has 0 N–H and O–H groups in total. The molecule has 1 saturated heterocycles. The van der Waals surface area contributed by atoms with Gasteiger partial charge in [0.25, 0.3) is 5.91 Å². The second kappa shape index (κ2) is 7.53. The number of likely N-dealkylation sites (tertiary alicyclic amines) is 1. The lowest BCUT2D eigenvalue weighted by Crippen LogP contribution is -2.44. The van der Waals surface area contributed by atoms with Gasteiger partial charge in [0, 0.05) is 42.8 Å². The number of aryl methyl sites for hydroxylation is 1. The second-order valence-corrected chi connectivity index (χ2v) is 6.39. The van der Waals surface area contributed by atoms with Crippen LogP contribution in [0.1, 0.15) is 29.2 Å². The Labute approximate surface area is 156 Å². The Bertz CT molecular complexity index is 928. The van der Waals surface area contributed by atoms with Crippen LogP contribution >= 0.6 is 0 Å². The van der Waals surface area contributed by atoms with Crippen molar-refractivity contribution in [3.63, 3.8) is 0 Å². The highest BCUT2D eigenvalue weighted by Crippen LogP contribution is 2.22. The third-order valence-corrected chi connectivity index (χ3v) is 4.38. The molecule has 1 aliphatic rings. The molecule has 0 radical (unpaired) electrons. The molecule has 0 aliphatic carbocycles. The summed E-state index contributed by atoms with van der Waals surface area (Å²) in [6.07, 6.45) is 6.63. The van der Waals surface area contributed by atoms with Crippen molar-refractivity contribution in [3.05, 3.63) is 54.4 Å². The summed E-state index contributed by atoms with van der Waals surface area (Å²) >= 11 is 0. The smallest absolute Gasteiger partial charge is 0.276 e. The topological polar surface area (TPSA) is 94.2 Å². The van der Waals surface area contributed by atoms with Crippen LogP contribution in [0.15, 0.2) is 47.4 Å². The third-order valence-electron chi connectivity index (χ3n) is 4.38. The first-order valence-electron chi connectivity index (χ1n) is 8.82. The van der Waals surface area contributed by atoms with Crippen LogP contribution in [0.2, 0.25) is 0 Å². The monoisotopic (exact) mass is 365 g/mol. The molecule has 0 bridgehead atoms. The lowest BCUT2D eigenvalue weighted by atomic mass is 10.1. The summed E-state index contributed by atoms with van der Waals surface area (Å²) in [5.41, 5.74) is 1.07. The molecule has 1 aliphatic heterocycles. The molecule has 1 fully saturated rings. The number of hydrogen-bond acceptors (Lipinski definition) is 7. The molecule has 8 nitrogen and oxygen atoms in total. The van der Waals surface area contributed by atoms with Crippen molar-refractivity contribution in [2.75, 3.05) is 13.1 Å². The van der Waals surface area contributed by atoms with E-state index in [2.05, 4.69) is 20.1 Å². The van der Waals surface area contributed by atoms with Gasteiger partial charge in [-0.1, -0.05) is 5.16 Å². The van der Waals surface area contributed by atoms with Gasteiger partial charge >= 0.3 is 0 Å². The molecule has 138 valence electrons. The molecular formula is C19H19N5O3. The number of rotatable bonds is 4. The van der Waals surface area contributed by atoms with Gasteiger partial charge in [0.2, 0.25) is 5.88 Å². The number of carbonyl (C=O) groups excluding carboxylic acids is 1. The van der Waals surface area contributed by atoms with Crippen LogP contribution in [0.25, 0.3) is 11.3 Å². The predicted octanol–water partition coefficient (Wildman–Crippen LogP) is 2.52. The van der Waals surface area contributed by atoms with E-state index < -0.39 is 0 Å². The van der Waals surface area contributed by atoms with Crippen LogP contribution in [0, 0.1) is 6.92 Å². The molecule has 0 aromatic carbocycles. The van der Waals surface area contributed by atoms with Crippen molar-refractivity contribution in [3.8, 4) is 17.2 Å². The van der Waals surface area contributed by atoms with E-state index in [1.807, 2.05) is 13.0 Å². The molecule has 4 rings (SSSR count). The SMILES string of the molecule is Cc1nccc(OC2CCCN(C(=O)c3cc(-c4cccnc4)on3)C2)n1. The Morgan fingerprint density at radius 2 is 2.26 bits per heavy atom. The van der Waals surface area contributed by atoms with Crippen LogP contribution < -0.4 is 4.74 Å². The number of carbonyl (C=O) groups is 1. The maximum absolute atomic E-state index is 12.8. The molecule has 0 saturated carbocycles. The van der Waals surface area contributed by atoms with Crippen molar-refractivity contribution in [1.29, 1.82) is 0 Å². The van der Waals surface area contributed by atoms with Crippen molar-refractivity contribution < 1.29 is 14.1 Å². The first-order valence-corrected chi connectivity index (χ1v) is 8.82. The Kier molecular flexibility index (Phi) is 4.78. The van der Waals surface area contributed by atoms with E-state index >= 15 is 0 Å². The molecule has 27 heavy (non-hydrogen) atoms. The van der Waals surface area contributed by atoms with Gasteiger partial charge in [-0.2, -0.15) is 4.98 Å². The minimum absolute atomic E-state index is 0.110. The minimum atomic E-state index is -0.166. The molecule has 1 unspecified atom stereocenters. The Morgan fingerprint density at radius 3 is 3.07 bits per heavy atom. The van der Waals surface area contributed by atoms with Gasteiger partial charge in [-0.3, -0.25) is 9.78 Å². The van der Waals surface area contributed by atoms with Crippen LogP contribution in [0.5, 0.6) is 5.88 Å². The fourth-order valence-corrected chi connectivity index (χ4v) is 3.07. The Hall–Kier alpha value is -3.29. The van der Waals surface area contributed by atoms with Gasteiger partial charge in [0.15, 0.2) is 11.5 Å². The Morgan fingerprint density at radius 1 is 1.33 bits per heavy atom. The summed E-state index contributed by atoms with van der Waals surface area (Å²) in [6.45, 7) is 2.96.